The van der Waals surface area contributed by atoms with Gasteiger partial charge in [-0.15, -0.1) is 0 Å². The number of rotatable bonds is 5. The van der Waals surface area contributed by atoms with E-state index in [-0.39, 0.29) is 6.10 Å². The van der Waals surface area contributed by atoms with E-state index in [0.29, 0.717) is 0 Å². The van der Waals surface area contributed by atoms with Crippen molar-refractivity contribution >= 4 is 10.8 Å². The topological polar surface area (TPSA) is 66.6 Å². The van der Waals surface area contributed by atoms with Gasteiger partial charge in [-0.25, -0.2) is 0 Å². The Bertz CT molecular complexity index is 1570. The predicted molar refractivity (Wildman–Crippen MR) is 258 cm³/mol. The van der Waals surface area contributed by atoms with Gasteiger partial charge in [0.25, 0.3) is 0 Å². The van der Waals surface area contributed by atoms with Crippen molar-refractivity contribution in [2.24, 2.45) is 0 Å². The third kappa shape index (κ3) is 25.6. The number of benzene rings is 6. The van der Waals surface area contributed by atoms with E-state index in [1.165, 1.54) is 44.2 Å². The van der Waals surface area contributed by atoms with E-state index in [1.54, 1.807) is 21.3 Å². The van der Waals surface area contributed by atoms with Crippen LogP contribution >= 0.6 is 0 Å². The van der Waals surface area contributed by atoms with Crippen LogP contribution in [-0.4, -0.2) is 76.7 Å². The van der Waals surface area contributed by atoms with Gasteiger partial charge in [-0.1, -0.05) is 185 Å². The summed E-state index contributed by atoms with van der Waals surface area (Å²) in [5, 5.41) is 14.0. The van der Waals surface area contributed by atoms with E-state index >= 15 is 0 Å². The molecule has 318 valence electrons. The van der Waals surface area contributed by atoms with Crippen LogP contribution in [-0.2, 0) is 22.3 Å². The van der Waals surface area contributed by atoms with Crippen molar-refractivity contribution in [1.29, 1.82) is 0 Å². The van der Waals surface area contributed by atoms with Crippen LogP contribution in [0.3, 0.4) is 0 Å². The van der Waals surface area contributed by atoms with Gasteiger partial charge in [0, 0.05) is 21.3 Å². The number of hydrogen-bond acceptors (Lipinski definition) is 6. The Kier molecular flexibility index (Phi) is 38.7. The summed E-state index contributed by atoms with van der Waals surface area (Å²) in [6, 6.07) is 54.5. The van der Waals surface area contributed by atoms with Crippen LogP contribution in [0.25, 0.3) is 21.9 Å². The zero-order chi connectivity index (χ0) is 43.7. The van der Waals surface area contributed by atoms with E-state index in [0.717, 1.165) is 25.9 Å². The maximum atomic E-state index is 5.56. The summed E-state index contributed by atoms with van der Waals surface area (Å²) >= 11 is 0. The number of fused-ring (bicyclic) bond motifs is 4. The second-order valence-corrected chi connectivity index (χ2v) is 12.6. The molecular weight excluding hydrogens is 713 g/mol. The fourth-order valence-corrected chi connectivity index (χ4v) is 4.92. The highest BCUT2D eigenvalue weighted by Gasteiger charge is 2.27. The molecule has 6 aromatic carbocycles. The van der Waals surface area contributed by atoms with Crippen LogP contribution in [0, 0.1) is 0 Å². The van der Waals surface area contributed by atoms with E-state index in [4.69, 9.17) is 4.74 Å². The van der Waals surface area contributed by atoms with Crippen LogP contribution in [0.1, 0.15) is 56.1 Å². The molecule has 0 amide bonds. The van der Waals surface area contributed by atoms with Gasteiger partial charge in [0.15, 0.2) is 0 Å². The zero-order valence-corrected chi connectivity index (χ0v) is 38.2. The summed E-state index contributed by atoms with van der Waals surface area (Å²) in [6.45, 7) is 10.6. The Balaban J connectivity index is 0. The fourth-order valence-electron chi connectivity index (χ4n) is 4.92. The molecular formula is C52H78N4O2. The molecule has 0 radical (unpaired) electrons. The number of nitrogens with one attached hydrogen (secondary N) is 4. The Morgan fingerprint density at radius 1 is 0.397 bits per heavy atom. The minimum Gasteiger partial charge on any atom is -0.388 e. The van der Waals surface area contributed by atoms with Crippen molar-refractivity contribution in [3.05, 3.63) is 180 Å². The van der Waals surface area contributed by atoms with Crippen molar-refractivity contribution < 1.29 is 9.47 Å². The lowest BCUT2D eigenvalue weighted by atomic mass is 10.1. The van der Waals surface area contributed by atoms with Crippen LogP contribution in [0.2, 0.25) is 0 Å². The van der Waals surface area contributed by atoms with Crippen molar-refractivity contribution in [2.75, 3.05) is 76.7 Å². The van der Waals surface area contributed by atoms with Crippen LogP contribution in [0.4, 0.5) is 0 Å². The lowest BCUT2D eigenvalue weighted by Gasteiger charge is -2.10. The molecule has 0 spiro atoms. The smallest absolute Gasteiger partial charge is 0.108 e. The van der Waals surface area contributed by atoms with Gasteiger partial charge >= 0.3 is 0 Å². The predicted octanol–water partition coefficient (Wildman–Crippen LogP) is 11.1. The van der Waals surface area contributed by atoms with Crippen LogP contribution in [0.5, 0.6) is 0 Å². The number of aryl methyl sites for hydroxylation is 2. The van der Waals surface area contributed by atoms with Crippen molar-refractivity contribution in [2.45, 2.75) is 46.6 Å². The molecule has 0 saturated carbocycles. The SMILES string of the molecule is CCNC.CCNC.CCc1ccccc1.CCc1ccccc1.CNC.CNC.COC.COC1c2ccccc2-c2ccccc21.c1ccc2ccccc2c1. The van der Waals surface area contributed by atoms with Gasteiger partial charge in [-0.3, -0.25) is 0 Å². The first-order valence-electron chi connectivity index (χ1n) is 20.4. The number of ether oxygens (including phenoxy) is 2. The Morgan fingerprint density at radius 2 is 0.638 bits per heavy atom. The molecule has 0 fully saturated rings. The molecule has 0 bridgehead atoms. The molecule has 0 aliphatic heterocycles. The molecule has 1 aliphatic rings. The Morgan fingerprint density at radius 3 is 0.862 bits per heavy atom. The third-order valence-electron chi connectivity index (χ3n) is 7.88. The van der Waals surface area contributed by atoms with E-state index in [9.17, 15) is 0 Å². The molecule has 1 aliphatic carbocycles. The molecule has 6 aromatic rings. The molecule has 7 rings (SSSR count). The average molecular weight is 791 g/mol. The molecule has 58 heavy (non-hydrogen) atoms. The fraction of sp³-hybridized carbons (Fsp3) is 0.346. The van der Waals surface area contributed by atoms with Crippen molar-refractivity contribution in [3.8, 4) is 11.1 Å². The number of methoxy groups -OCH3 is 2. The standard InChI is InChI=1S/C14H12O.C10H8.2C8H10.2C3H9N.2C2H7N.C2H6O/c1-15-14-12-8-4-2-6-10(12)11-7-3-5-9-13(11)14;1-2-6-10-8-4-3-7-9(10)5-1;2*1-2-8-6-4-3-5-7-8;2*1-3-4-2;3*1-3-2/h2-9,14H,1H3;1-8H;2*3-7H,2H2,1H3;2*4H,3H2,1-2H3;2*3H,1-2H3;1-2H3. The summed E-state index contributed by atoms with van der Waals surface area (Å²) in [7, 11) is 16.4. The normalized spacial score (nSPS) is 9.74. The Hall–Kier alpha value is -4.66. The van der Waals surface area contributed by atoms with E-state index < -0.39 is 0 Å². The van der Waals surface area contributed by atoms with Gasteiger partial charge in [0.1, 0.15) is 6.10 Å². The highest BCUT2D eigenvalue weighted by atomic mass is 16.5. The average Bonchev–Trinajstić information content (AvgIpc) is 3.62. The van der Waals surface area contributed by atoms with Crippen LogP contribution in [0.15, 0.2) is 158 Å². The first-order valence-corrected chi connectivity index (χ1v) is 20.4. The van der Waals surface area contributed by atoms with Crippen molar-refractivity contribution in [3.63, 3.8) is 0 Å². The second-order valence-electron chi connectivity index (χ2n) is 12.6. The summed E-state index contributed by atoms with van der Waals surface area (Å²) in [4.78, 5) is 0. The van der Waals surface area contributed by atoms with Crippen LogP contribution < -0.4 is 21.3 Å². The first kappa shape index (κ1) is 55.4. The molecule has 6 heteroatoms. The van der Waals surface area contributed by atoms with Gasteiger partial charge in [-0.2, -0.15) is 0 Å². The Labute approximate surface area is 354 Å². The molecule has 0 atom stereocenters. The zero-order valence-electron chi connectivity index (χ0n) is 38.2. The number of hydrogen-bond donors (Lipinski definition) is 4. The minimum atomic E-state index is 0.109. The molecule has 0 saturated heterocycles. The van der Waals surface area contributed by atoms with Gasteiger partial charge < -0.3 is 30.7 Å². The highest BCUT2D eigenvalue weighted by Crippen LogP contribution is 2.44. The monoisotopic (exact) mass is 791 g/mol. The largest absolute Gasteiger partial charge is 0.388 e. The molecule has 0 unspecified atom stereocenters. The third-order valence-corrected chi connectivity index (χ3v) is 7.88. The summed E-state index contributed by atoms with van der Waals surface area (Å²) < 4.78 is 9.81. The molecule has 0 aromatic heterocycles. The minimum absolute atomic E-state index is 0.109. The molecule has 0 heterocycles. The van der Waals surface area contributed by atoms with E-state index in [1.807, 2.05) is 54.4 Å². The van der Waals surface area contributed by atoms with Crippen molar-refractivity contribution in [1.82, 2.24) is 21.3 Å². The maximum Gasteiger partial charge on any atom is 0.108 e. The van der Waals surface area contributed by atoms with Gasteiger partial charge in [0.05, 0.1) is 0 Å². The van der Waals surface area contributed by atoms with Gasteiger partial charge in [-0.05, 0) is 112 Å². The lowest BCUT2D eigenvalue weighted by Crippen LogP contribution is -2.01. The van der Waals surface area contributed by atoms with E-state index in [2.05, 4.69) is 199 Å². The summed E-state index contributed by atoms with van der Waals surface area (Å²) in [5.41, 5.74) is 7.99. The molecule has 4 N–H and O–H groups in total. The first-order chi connectivity index (χ1) is 28.3. The molecule has 6 nitrogen and oxygen atoms in total. The second kappa shape index (κ2) is 40.5. The highest BCUT2D eigenvalue weighted by molar-refractivity contribution is 5.82. The summed E-state index contributed by atoms with van der Waals surface area (Å²) in [5.74, 6) is 0. The lowest BCUT2D eigenvalue weighted by molar-refractivity contribution is 0.140. The maximum absolute atomic E-state index is 5.56. The summed E-state index contributed by atoms with van der Waals surface area (Å²) in [6.07, 6.45) is 2.39. The van der Waals surface area contributed by atoms with Gasteiger partial charge in [0.2, 0.25) is 0 Å². The quantitative estimate of drug-likeness (QED) is 0.139.